The van der Waals surface area contributed by atoms with Crippen LogP contribution in [0.1, 0.15) is 38.2 Å². The summed E-state index contributed by atoms with van der Waals surface area (Å²) in [4.78, 5) is 0. The summed E-state index contributed by atoms with van der Waals surface area (Å²) in [5.74, 6) is 1.36. The summed E-state index contributed by atoms with van der Waals surface area (Å²) in [6.45, 7) is 4.75. The first kappa shape index (κ1) is 12.9. The van der Waals surface area contributed by atoms with Gasteiger partial charge in [0.05, 0.1) is 6.07 Å². The number of rotatable bonds is 6. The van der Waals surface area contributed by atoms with Gasteiger partial charge in [-0.05, 0) is 36.5 Å². The summed E-state index contributed by atoms with van der Waals surface area (Å²) in [6, 6.07) is 10.7. The number of nitriles is 1. The summed E-state index contributed by atoms with van der Waals surface area (Å²) in [5.41, 5.74) is 1.30. The van der Waals surface area contributed by atoms with E-state index in [4.69, 9.17) is 10.00 Å². The lowest BCUT2D eigenvalue weighted by atomic mass is 10.0. The zero-order valence-corrected chi connectivity index (χ0v) is 11.0. The SMILES string of the molecule is CC(C)c1ccc(OCC(C#N)NC2CC2)cc1. The van der Waals surface area contributed by atoms with Crippen LogP contribution in [0.3, 0.4) is 0 Å². The van der Waals surface area contributed by atoms with E-state index in [9.17, 15) is 0 Å². The second-order valence-electron chi connectivity index (χ2n) is 5.16. The number of nitrogens with one attached hydrogen (secondary N) is 1. The summed E-state index contributed by atoms with van der Waals surface area (Å²) in [7, 11) is 0. The van der Waals surface area contributed by atoms with Gasteiger partial charge in [0, 0.05) is 6.04 Å². The van der Waals surface area contributed by atoms with Gasteiger partial charge in [-0.3, -0.25) is 5.32 Å². The number of nitrogens with zero attached hydrogens (tertiary/aromatic N) is 1. The molecule has 1 aromatic rings. The summed E-state index contributed by atoms with van der Waals surface area (Å²) >= 11 is 0. The molecular weight excluding hydrogens is 224 g/mol. The van der Waals surface area contributed by atoms with Gasteiger partial charge in [-0.15, -0.1) is 0 Å². The second-order valence-corrected chi connectivity index (χ2v) is 5.16. The molecule has 0 radical (unpaired) electrons. The number of ether oxygens (including phenoxy) is 1. The molecule has 0 bridgehead atoms. The van der Waals surface area contributed by atoms with E-state index in [1.54, 1.807) is 0 Å². The fourth-order valence-electron chi connectivity index (χ4n) is 1.79. The first-order chi connectivity index (χ1) is 8.69. The zero-order chi connectivity index (χ0) is 13.0. The van der Waals surface area contributed by atoms with Crippen LogP contribution in [0, 0.1) is 11.3 Å². The van der Waals surface area contributed by atoms with Gasteiger partial charge in [0.25, 0.3) is 0 Å². The molecule has 1 unspecified atom stereocenters. The minimum atomic E-state index is -0.206. The third-order valence-electron chi connectivity index (χ3n) is 3.13. The van der Waals surface area contributed by atoms with Gasteiger partial charge in [0.15, 0.2) is 0 Å². The van der Waals surface area contributed by atoms with E-state index in [0.717, 1.165) is 5.75 Å². The highest BCUT2D eigenvalue weighted by Crippen LogP contribution is 2.20. The van der Waals surface area contributed by atoms with Crippen LogP contribution < -0.4 is 10.1 Å². The van der Waals surface area contributed by atoms with E-state index >= 15 is 0 Å². The quantitative estimate of drug-likeness (QED) is 0.837. The van der Waals surface area contributed by atoms with Crippen molar-refractivity contribution < 1.29 is 4.74 Å². The van der Waals surface area contributed by atoms with Crippen LogP contribution in [0.4, 0.5) is 0 Å². The van der Waals surface area contributed by atoms with Crippen molar-refractivity contribution >= 4 is 0 Å². The Morgan fingerprint density at radius 2 is 2.00 bits per heavy atom. The molecule has 1 saturated carbocycles. The molecule has 1 N–H and O–H groups in total. The van der Waals surface area contributed by atoms with Gasteiger partial charge in [0.1, 0.15) is 18.4 Å². The number of hydrogen-bond donors (Lipinski definition) is 1. The van der Waals surface area contributed by atoms with Crippen molar-refractivity contribution in [1.29, 1.82) is 5.26 Å². The molecule has 1 fully saturated rings. The normalized spacial score (nSPS) is 16.3. The summed E-state index contributed by atoms with van der Waals surface area (Å²) in [6.07, 6.45) is 2.36. The van der Waals surface area contributed by atoms with E-state index < -0.39 is 0 Å². The van der Waals surface area contributed by atoms with Crippen LogP contribution in [-0.4, -0.2) is 18.7 Å². The fraction of sp³-hybridized carbons (Fsp3) is 0.533. The maximum atomic E-state index is 9.01. The highest BCUT2D eigenvalue weighted by Gasteiger charge is 2.24. The number of benzene rings is 1. The number of hydrogen-bond acceptors (Lipinski definition) is 3. The summed E-state index contributed by atoms with van der Waals surface area (Å²) < 4.78 is 5.64. The average molecular weight is 244 g/mol. The largest absolute Gasteiger partial charge is 0.491 e. The predicted octanol–water partition coefficient (Wildman–Crippen LogP) is 2.83. The van der Waals surface area contributed by atoms with Crippen LogP contribution in [0.15, 0.2) is 24.3 Å². The van der Waals surface area contributed by atoms with Crippen molar-refractivity contribution in [2.45, 2.75) is 44.7 Å². The van der Waals surface area contributed by atoms with Crippen molar-refractivity contribution in [3.63, 3.8) is 0 Å². The average Bonchev–Trinajstić information content (AvgIpc) is 3.18. The lowest BCUT2D eigenvalue weighted by Gasteiger charge is -2.13. The standard InChI is InChI=1S/C15H20N2O/c1-11(2)12-3-7-15(8-4-12)18-10-14(9-16)17-13-5-6-13/h3-4,7-8,11,13-14,17H,5-6,10H2,1-2H3. The third-order valence-corrected chi connectivity index (χ3v) is 3.13. The van der Waals surface area contributed by atoms with E-state index in [2.05, 4.69) is 37.4 Å². The summed E-state index contributed by atoms with van der Waals surface area (Å²) in [5, 5.41) is 12.3. The van der Waals surface area contributed by atoms with Crippen LogP contribution >= 0.6 is 0 Å². The molecule has 18 heavy (non-hydrogen) atoms. The zero-order valence-electron chi connectivity index (χ0n) is 11.0. The van der Waals surface area contributed by atoms with Gasteiger partial charge in [0.2, 0.25) is 0 Å². The fourth-order valence-corrected chi connectivity index (χ4v) is 1.79. The van der Waals surface area contributed by atoms with Crippen molar-refractivity contribution in [1.82, 2.24) is 5.32 Å². The Morgan fingerprint density at radius 3 is 2.50 bits per heavy atom. The van der Waals surface area contributed by atoms with Gasteiger partial charge >= 0.3 is 0 Å². The molecule has 1 atom stereocenters. The van der Waals surface area contributed by atoms with Crippen LogP contribution in [0.25, 0.3) is 0 Å². The van der Waals surface area contributed by atoms with Gasteiger partial charge in [-0.1, -0.05) is 26.0 Å². The highest BCUT2D eigenvalue weighted by molar-refractivity contribution is 5.29. The third kappa shape index (κ3) is 3.75. The Balaban J connectivity index is 1.83. The van der Waals surface area contributed by atoms with Crippen molar-refractivity contribution in [3.05, 3.63) is 29.8 Å². The lowest BCUT2D eigenvalue weighted by Crippen LogP contribution is -2.34. The first-order valence-electron chi connectivity index (χ1n) is 6.57. The van der Waals surface area contributed by atoms with Crippen molar-refractivity contribution in [3.8, 4) is 11.8 Å². The van der Waals surface area contributed by atoms with Gasteiger partial charge in [-0.25, -0.2) is 0 Å². The predicted molar refractivity (Wildman–Crippen MR) is 71.6 cm³/mol. The second kappa shape index (κ2) is 5.88. The molecule has 96 valence electrons. The first-order valence-corrected chi connectivity index (χ1v) is 6.57. The molecule has 3 heteroatoms. The van der Waals surface area contributed by atoms with Gasteiger partial charge < -0.3 is 4.74 Å². The van der Waals surface area contributed by atoms with Gasteiger partial charge in [-0.2, -0.15) is 5.26 Å². The minimum Gasteiger partial charge on any atom is -0.491 e. The van der Waals surface area contributed by atoms with E-state index in [1.165, 1.54) is 18.4 Å². The molecule has 0 aliphatic heterocycles. The Labute approximate surface area is 109 Å². The molecule has 1 aliphatic carbocycles. The smallest absolute Gasteiger partial charge is 0.130 e. The van der Waals surface area contributed by atoms with E-state index in [-0.39, 0.29) is 6.04 Å². The minimum absolute atomic E-state index is 0.206. The molecule has 0 heterocycles. The molecule has 0 spiro atoms. The Bertz CT molecular complexity index is 415. The Morgan fingerprint density at radius 1 is 1.33 bits per heavy atom. The van der Waals surface area contributed by atoms with Crippen molar-refractivity contribution in [2.24, 2.45) is 0 Å². The molecule has 0 amide bonds. The van der Waals surface area contributed by atoms with Crippen LogP contribution in [0.2, 0.25) is 0 Å². The van der Waals surface area contributed by atoms with E-state index in [1.807, 2.05) is 12.1 Å². The molecule has 1 aliphatic rings. The Kier molecular flexibility index (Phi) is 4.22. The van der Waals surface area contributed by atoms with Crippen molar-refractivity contribution in [2.75, 3.05) is 6.61 Å². The highest BCUT2D eigenvalue weighted by atomic mass is 16.5. The molecule has 1 aromatic carbocycles. The maximum Gasteiger partial charge on any atom is 0.130 e. The molecule has 3 nitrogen and oxygen atoms in total. The Hall–Kier alpha value is -1.53. The lowest BCUT2D eigenvalue weighted by molar-refractivity contribution is 0.288. The maximum absolute atomic E-state index is 9.01. The van der Waals surface area contributed by atoms with Crippen LogP contribution in [0.5, 0.6) is 5.75 Å². The van der Waals surface area contributed by atoms with Crippen LogP contribution in [-0.2, 0) is 0 Å². The molecule has 0 aromatic heterocycles. The molecule has 2 rings (SSSR count). The van der Waals surface area contributed by atoms with E-state index in [0.29, 0.717) is 18.6 Å². The topological polar surface area (TPSA) is 45.0 Å². The molecular formula is C15H20N2O. The molecule has 0 saturated heterocycles. The monoisotopic (exact) mass is 244 g/mol.